The molecule has 0 spiro atoms. The molecule has 0 saturated heterocycles. The lowest BCUT2D eigenvalue weighted by molar-refractivity contribution is -0.118. The number of carbonyl (C=O) groups is 1. The average Bonchev–Trinajstić information content (AvgIpc) is 2.71. The summed E-state index contributed by atoms with van der Waals surface area (Å²) >= 11 is 12.3. The fourth-order valence-electron chi connectivity index (χ4n) is 3.35. The van der Waals surface area contributed by atoms with Crippen LogP contribution in [-0.4, -0.2) is 27.0 Å². The van der Waals surface area contributed by atoms with Crippen LogP contribution in [0.5, 0.6) is 5.75 Å². The predicted molar refractivity (Wildman–Crippen MR) is 119 cm³/mol. The molecule has 1 fully saturated rings. The molecule has 0 heterocycles. The number of benzene rings is 2. The maximum absolute atomic E-state index is 12.6. The van der Waals surface area contributed by atoms with Crippen molar-refractivity contribution in [3.8, 4) is 5.75 Å². The number of halogens is 2. The van der Waals surface area contributed by atoms with Crippen LogP contribution in [0, 0.1) is 6.92 Å². The number of carbonyl (C=O) groups excluding carboxylic acids is 1. The Balaban J connectivity index is 1.61. The lowest BCUT2D eigenvalue weighted by atomic mass is 9.96. The number of anilines is 1. The summed E-state index contributed by atoms with van der Waals surface area (Å²) in [5, 5.41) is 3.39. The number of rotatable bonds is 7. The van der Waals surface area contributed by atoms with Crippen molar-refractivity contribution in [2.24, 2.45) is 0 Å². The number of ether oxygens (including phenoxy) is 1. The topological polar surface area (TPSA) is 84.5 Å². The van der Waals surface area contributed by atoms with E-state index < -0.39 is 10.0 Å². The minimum atomic E-state index is -3.66. The fourth-order valence-corrected chi connectivity index (χ4v) is 5.15. The maximum Gasteiger partial charge on any atom is 0.262 e. The highest BCUT2D eigenvalue weighted by atomic mass is 35.5. The molecule has 1 saturated carbocycles. The minimum absolute atomic E-state index is 0.0444. The molecule has 2 aromatic rings. The summed E-state index contributed by atoms with van der Waals surface area (Å²) in [7, 11) is -3.66. The van der Waals surface area contributed by atoms with E-state index in [1.165, 1.54) is 18.2 Å². The molecule has 0 atom stereocenters. The number of amides is 1. The molecule has 1 amide bonds. The van der Waals surface area contributed by atoms with E-state index in [0.717, 1.165) is 37.7 Å². The Labute approximate surface area is 187 Å². The first-order valence-corrected chi connectivity index (χ1v) is 12.0. The van der Waals surface area contributed by atoms with Crippen LogP contribution in [0.2, 0.25) is 10.0 Å². The van der Waals surface area contributed by atoms with E-state index in [4.69, 9.17) is 27.9 Å². The Kier molecular flexibility index (Phi) is 7.63. The first kappa shape index (κ1) is 22.9. The van der Waals surface area contributed by atoms with E-state index in [2.05, 4.69) is 10.0 Å². The summed E-state index contributed by atoms with van der Waals surface area (Å²) in [4.78, 5) is 12.3. The predicted octanol–water partition coefficient (Wildman–Crippen LogP) is 4.93. The molecule has 30 heavy (non-hydrogen) atoms. The molecule has 0 aromatic heterocycles. The number of nitrogens with one attached hydrogen (secondary N) is 2. The third-order valence-corrected chi connectivity index (χ3v) is 7.26. The molecule has 0 radical (unpaired) electrons. The fraction of sp³-hybridized carbons (Fsp3) is 0.381. The van der Waals surface area contributed by atoms with E-state index in [-0.39, 0.29) is 34.2 Å². The van der Waals surface area contributed by atoms with Crippen molar-refractivity contribution in [2.75, 3.05) is 11.9 Å². The molecule has 2 N–H and O–H groups in total. The van der Waals surface area contributed by atoms with E-state index in [0.29, 0.717) is 10.7 Å². The van der Waals surface area contributed by atoms with Gasteiger partial charge in [-0.3, -0.25) is 4.79 Å². The summed E-state index contributed by atoms with van der Waals surface area (Å²) in [5.74, 6) is -0.154. The summed E-state index contributed by atoms with van der Waals surface area (Å²) in [6.07, 6.45) is 4.88. The van der Waals surface area contributed by atoms with Crippen LogP contribution < -0.4 is 14.8 Å². The van der Waals surface area contributed by atoms with Gasteiger partial charge in [0.05, 0.1) is 9.92 Å². The maximum atomic E-state index is 12.6. The van der Waals surface area contributed by atoms with Crippen molar-refractivity contribution in [1.29, 1.82) is 0 Å². The molecule has 0 bridgehead atoms. The molecule has 1 aliphatic rings. The van der Waals surface area contributed by atoms with E-state index in [1.54, 1.807) is 25.1 Å². The molecule has 6 nitrogen and oxygen atoms in total. The Morgan fingerprint density at radius 2 is 1.83 bits per heavy atom. The van der Waals surface area contributed by atoms with Gasteiger partial charge in [0, 0.05) is 16.8 Å². The van der Waals surface area contributed by atoms with E-state index in [9.17, 15) is 13.2 Å². The second-order valence-electron chi connectivity index (χ2n) is 7.30. The highest BCUT2D eigenvalue weighted by Gasteiger charge is 2.22. The van der Waals surface area contributed by atoms with Crippen molar-refractivity contribution in [2.45, 2.75) is 50.0 Å². The van der Waals surface area contributed by atoms with Gasteiger partial charge in [-0.2, -0.15) is 0 Å². The van der Waals surface area contributed by atoms with Crippen LogP contribution in [0.25, 0.3) is 0 Å². The van der Waals surface area contributed by atoms with Crippen LogP contribution in [0.3, 0.4) is 0 Å². The Hall–Kier alpha value is -1.80. The van der Waals surface area contributed by atoms with Crippen LogP contribution in [0.4, 0.5) is 5.69 Å². The average molecular weight is 471 g/mol. The Morgan fingerprint density at radius 1 is 1.10 bits per heavy atom. The molecular formula is C21H24Cl2N2O4S. The monoisotopic (exact) mass is 470 g/mol. The lowest BCUT2D eigenvalue weighted by Gasteiger charge is -2.22. The number of sulfonamides is 1. The molecule has 2 aromatic carbocycles. The van der Waals surface area contributed by atoms with Crippen LogP contribution in [0.1, 0.15) is 37.7 Å². The van der Waals surface area contributed by atoms with Crippen molar-refractivity contribution in [1.82, 2.24) is 4.72 Å². The highest BCUT2D eigenvalue weighted by molar-refractivity contribution is 7.89. The zero-order valence-corrected chi connectivity index (χ0v) is 18.9. The largest absolute Gasteiger partial charge is 0.482 e. The van der Waals surface area contributed by atoms with Gasteiger partial charge in [-0.1, -0.05) is 48.5 Å². The van der Waals surface area contributed by atoms with Crippen molar-refractivity contribution in [3.63, 3.8) is 0 Å². The van der Waals surface area contributed by atoms with Gasteiger partial charge in [-0.05, 0) is 55.7 Å². The third kappa shape index (κ3) is 5.88. The van der Waals surface area contributed by atoms with E-state index >= 15 is 0 Å². The summed E-state index contributed by atoms with van der Waals surface area (Å²) in [6.45, 7) is 1.52. The molecule has 0 unspecified atom stereocenters. The van der Waals surface area contributed by atoms with Crippen molar-refractivity contribution < 1.29 is 17.9 Å². The third-order valence-electron chi connectivity index (χ3n) is 5.04. The molecular weight excluding hydrogens is 447 g/mol. The van der Waals surface area contributed by atoms with Crippen LogP contribution in [-0.2, 0) is 14.8 Å². The van der Waals surface area contributed by atoms with Gasteiger partial charge >= 0.3 is 0 Å². The number of hydrogen-bond donors (Lipinski definition) is 2. The van der Waals surface area contributed by atoms with Gasteiger partial charge in [-0.25, -0.2) is 13.1 Å². The smallest absolute Gasteiger partial charge is 0.262 e. The van der Waals surface area contributed by atoms with Gasteiger partial charge in [0.15, 0.2) is 6.61 Å². The molecule has 3 rings (SSSR count). The molecule has 162 valence electrons. The molecule has 0 aliphatic heterocycles. The Morgan fingerprint density at radius 3 is 2.53 bits per heavy atom. The zero-order valence-electron chi connectivity index (χ0n) is 16.6. The van der Waals surface area contributed by atoms with Gasteiger partial charge < -0.3 is 10.1 Å². The zero-order chi connectivity index (χ0) is 21.7. The summed E-state index contributed by atoms with van der Waals surface area (Å²) in [6, 6.07) is 9.38. The van der Waals surface area contributed by atoms with Gasteiger partial charge in [0.2, 0.25) is 10.0 Å². The Bertz CT molecular complexity index is 1020. The first-order chi connectivity index (χ1) is 14.3. The van der Waals surface area contributed by atoms with E-state index in [1.807, 2.05) is 0 Å². The van der Waals surface area contributed by atoms with Crippen LogP contribution in [0.15, 0.2) is 41.3 Å². The summed E-state index contributed by atoms with van der Waals surface area (Å²) in [5.41, 5.74) is 1.35. The van der Waals surface area contributed by atoms with Gasteiger partial charge in [0.1, 0.15) is 5.75 Å². The first-order valence-electron chi connectivity index (χ1n) is 9.76. The lowest BCUT2D eigenvalue weighted by Crippen LogP contribution is -2.36. The summed E-state index contributed by atoms with van der Waals surface area (Å²) < 4.78 is 33.4. The molecule has 9 heteroatoms. The highest BCUT2D eigenvalue weighted by Crippen LogP contribution is 2.28. The van der Waals surface area contributed by atoms with Gasteiger partial charge in [0.25, 0.3) is 5.91 Å². The second kappa shape index (κ2) is 10.0. The number of hydrogen-bond acceptors (Lipinski definition) is 4. The standard InChI is InChI=1S/C21H24Cl2N2O4S/c1-14-17(22)8-5-9-19(14)24-21(26)13-29-20-11-10-16(12-18(20)23)30(27,28)25-15-6-3-2-4-7-15/h5,8-12,15,25H,2-4,6-7,13H2,1H3,(H,24,26). The van der Waals surface area contributed by atoms with Crippen molar-refractivity contribution >= 4 is 44.8 Å². The second-order valence-corrected chi connectivity index (χ2v) is 9.83. The molecule has 1 aliphatic carbocycles. The SMILES string of the molecule is Cc1c(Cl)cccc1NC(=O)COc1ccc(S(=O)(=O)NC2CCCCC2)cc1Cl. The normalized spacial score (nSPS) is 15.0. The van der Waals surface area contributed by atoms with Gasteiger partial charge in [-0.15, -0.1) is 0 Å². The quantitative estimate of drug-likeness (QED) is 0.600. The minimum Gasteiger partial charge on any atom is -0.482 e. The van der Waals surface area contributed by atoms with Crippen LogP contribution >= 0.6 is 23.2 Å². The van der Waals surface area contributed by atoms with Crippen molar-refractivity contribution in [3.05, 3.63) is 52.0 Å².